The third kappa shape index (κ3) is 4.34. The van der Waals surface area contributed by atoms with Gasteiger partial charge in [-0.3, -0.25) is 14.5 Å². The van der Waals surface area contributed by atoms with E-state index < -0.39 is 29.2 Å². The minimum absolute atomic E-state index is 0.109. The molecule has 2 aliphatic rings. The van der Waals surface area contributed by atoms with Gasteiger partial charge in [0.15, 0.2) is 23.6 Å². The molecule has 12 nitrogen and oxygen atoms in total. The summed E-state index contributed by atoms with van der Waals surface area (Å²) in [6.07, 6.45) is 1.79. The van der Waals surface area contributed by atoms with Crippen LogP contribution < -0.4 is 15.6 Å². The van der Waals surface area contributed by atoms with Crippen molar-refractivity contribution < 1.29 is 34.0 Å². The number of nitrogens with two attached hydrogens (primary N) is 1. The highest BCUT2D eigenvalue weighted by Gasteiger charge is 2.54. The minimum Gasteiger partial charge on any atom is -0.507 e. The van der Waals surface area contributed by atoms with Gasteiger partial charge in [0.05, 0.1) is 5.39 Å². The van der Waals surface area contributed by atoms with E-state index in [0.29, 0.717) is 16.7 Å². The summed E-state index contributed by atoms with van der Waals surface area (Å²) in [5, 5.41) is 28.3. The van der Waals surface area contributed by atoms with E-state index in [1.54, 1.807) is 35.8 Å². The molecule has 190 valence electrons. The number of carboxylic acid groups (broad SMARTS) is 1. The first-order valence-corrected chi connectivity index (χ1v) is 12.9. The zero-order valence-corrected chi connectivity index (χ0v) is 21.0. The Morgan fingerprint density at radius 1 is 1.35 bits per heavy atom. The summed E-state index contributed by atoms with van der Waals surface area (Å²) in [6.45, 7) is 0.207. The number of phenolic OH excluding ortho intramolecular Hbond substituents is 1. The molecule has 0 saturated carbocycles. The highest BCUT2D eigenvalue weighted by Crippen LogP contribution is 2.40. The Morgan fingerprint density at radius 3 is 2.86 bits per heavy atom. The predicted molar refractivity (Wildman–Crippen MR) is 136 cm³/mol. The quantitative estimate of drug-likeness (QED) is 0.145. The lowest BCUT2D eigenvalue weighted by Crippen LogP contribution is -2.71. The predicted octanol–water partition coefficient (Wildman–Crippen LogP) is 0.661. The van der Waals surface area contributed by atoms with Crippen LogP contribution in [0.1, 0.15) is 5.69 Å². The fourth-order valence-electron chi connectivity index (χ4n) is 4.34. The van der Waals surface area contributed by atoms with E-state index in [2.05, 4.69) is 15.5 Å². The number of carbonyl (C=O) groups excluding carboxylic acids is 2. The van der Waals surface area contributed by atoms with Gasteiger partial charge in [0.25, 0.3) is 11.8 Å². The monoisotopic (exact) mass is 541 g/mol. The lowest BCUT2D eigenvalue weighted by molar-refractivity contribution is -0.663. The standard InChI is InChI=1S/C23H20N6O6S2/c1-35-27-16(13-10-37-23(24)25-13)19(31)26-17-20(32)29-18(22(33)34)11(9-36-21(17)29)8-28-7-3-4-12-14(28)5-2-6-15(12)30/h2-7,10,17,21H,8-9H2,1H3,(H4,24,25,26,31,33,34)/p+1/b27-16-/t17?,21-/m1/s1. The van der Waals surface area contributed by atoms with E-state index in [1.165, 1.54) is 23.8 Å². The smallest absolute Gasteiger partial charge is 0.352 e. The molecule has 1 unspecified atom stereocenters. The summed E-state index contributed by atoms with van der Waals surface area (Å²) in [6, 6.07) is 7.69. The summed E-state index contributed by atoms with van der Waals surface area (Å²) >= 11 is 2.47. The highest BCUT2D eigenvalue weighted by molar-refractivity contribution is 8.00. The van der Waals surface area contributed by atoms with Crippen molar-refractivity contribution in [2.45, 2.75) is 18.0 Å². The van der Waals surface area contributed by atoms with Gasteiger partial charge < -0.3 is 26.1 Å². The van der Waals surface area contributed by atoms with Crippen LogP contribution >= 0.6 is 23.1 Å². The van der Waals surface area contributed by atoms with Gasteiger partial charge in [-0.1, -0.05) is 11.2 Å². The number of aromatic hydroxyl groups is 1. The van der Waals surface area contributed by atoms with E-state index in [9.17, 15) is 24.6 Å². The number of thiazole rings is 1. The number of β-lactam (4-membered cyclic amide) rings is 1. The third-order valence-electron chi connectivity index (χ3n) is 5.96. The molecular weight excluding hydrogens is 520 g/mol. The molecule has 0 spiro atoms. The Labute approximate surface area is 218 Å². The van der Waals surface area contributed by atoms with E-state index >= 15 is 0 Å². The lowest BCUT2D eigenvalue weighted by Gasteiger charge is -2.49. The maximum absolute atomic E-state index is 13.1. The number of carbonyl (C=O) groups is 3. The minimum atomic E-state index is -1.23. The zero-order chi connectivity index (χ0) is 26.3. The Kier molecular flexibility index (Phi) is 6.43. The van der Waals surface area contributed by atoms with Gasteiger partial charge in [0, 0.05) is 28.8 Å². The number of oxime groups is 1. The molecule has 5 N–H and O–H groups in total. The van der Waals surface area contributed by atoms with Gasteiger partial charge >= 0.3 is 5.97 Å². The molecule has 1 aromatic carbocycles. The number of thioether (sulfide) groups is 1. The Bertz CT molecular complexity index is 1500. The molecule has 37 heavy (non-hydrogen) atoms. The normalized spacial score (nSPS) is 19.4. The number of benzene rings is 1. The number of hydrogen-bond donors (Lipinski definition) is 4. The molecule has 4 heterocycles. The van der Waals surface area contributed by atoms with E-state index in [1.807, 2.05) is 10.6 Å². The van der Waals surface area contributed by atoms with Crippen molar-refractivity contribution in [1.82, 2.24) is 15.2 Å². The van der Waals surface area contributed by atoms with Crippen molar-refractivity contribution in [3.8, 4) is 5.75 Å². The number of aromatic nitrogens is 2. The second-order valence-electron chi connectivity index (χ2n) is 8.16. The molecule has 5 rings (SSSR count). The highest BCUT2D eigenvalue weighted by atomic mass is 32.2. The Hall–Kier alpha value is -4.17. The maximum Gasteiger partial charge on any atom is 0.352 e. The number of pyridine rings is 1. The van der Waals surface area contributed by atoms with Crippen molar-refractivity contribution in [2.75, 3.05) is 18.6 Å². The van der Waals surface area contributed by atoms with Crippen LogP contribution in [-0.4, -0.2) is 67.9 Å². The number of rotatable bonds is 7. The van der Waals surface area contributed by atoms with Gasteiger partial charge in [-0.05, 0) is 12.1 Å². The number of nitrogens with zero attached hydrogens (tertiary/aromatic N) is 4. The first-order chi connectivity index (χ1) is 17.8. The molecule has 0 bridgehead atoms. The van der Waals surface area contributed by atoms with Crippen LogP contribution in [0.25, 0.3) is 10.9 Å². The van der Waals surface area contributed by atoms with Gasteiger partial charge in [-0.15, -0.1) is 23.1 Å². The van der Waals surface area contributed by atoms with E-state index in [4.69, 9.17) is 10.6 Å². The second-order valence-corrected chi connectivity index (χ2v) is 10.2. The second kappa shape index (κ2) is 9.71. The van der Waals surface area contributed by atoms with Gasteiger partial charge in [0.2, 0.25) is 5.52 Å². The summed E-state index contributed by atoms with van der Waals surface area (Å²) in [7, 11) is 1.27. The van der Waals surface area contributed by atoms with Gasteiger partial charge in [-0.25, -0.2) is 9.78 Å². The number of nitrogens with one attached hydrogen (secondary N) is 1. The molecule has 1 fully saturated rings. The van der Waals surface area contributed by atoms with Crippen LogP contribution in [0.15, 0.2) is 58.3 Å². The van der Waals surface area contributed by atoms with Crippen LogP contribution in [0.5, 0.6) is 5.75 Å². The van der Waals surface area contributed by atoms with Crippen LogP contribution in [-0.2, 0) is 25.8 Å². The molecule has 0 aliphatic carbocycles. The number of phenols is 1. The van der Waals surface area contributed by atoms with Crippen molar-refractivity contribution in [3.63, 3.8) is 0 Å². The number of nitrogen functional groups attached to an aromatic ring is 1. The average molecular weight is 542 g/mol. The zero-order valence-electron chi connectivity index (χ0n) is 19.3. The summed E-state index contributed by atoms with van der Waals surface area (Å²) in [4.78, 5) is 48.3. The third-order valence-corrected chi connectivity index (χ3v) is 7.97. The van der Waals surface area contributed by atoms with Crippen molar-refractivity contribution in [1.29, 1.82) is 0 Å². The summed E-state index contributed by atoms with van der Waals surface area (Å²) < 4.78 is 1.82. The number of aliphatic carboxylic acids is 1. The fourth-order valence-corrected chi connectivity index (χ4v) is 6.22. The van der Waals surface area contributed by atoms with Gasteiger partial charge in [0.1, 0.15) is 35.7 Å². The maximum atomic E-state index is 13.1. The molecule has 2 atom stereocenters. The largest absolute Gasteiger partial charge is 0.507 e. The molecule has 1 saturated heterocycles. The Balaban J connectivity index is 1.39. The molecular formula is C23H21N6O6S2+. The number of anilines is 1. The average Bonchev–Trinajstić information content (AvgIpc) is 3.31. The number of amides is 2. The molecule has 2 aromatic heterocycles. The topological polar surface area (TPSA) is 171 Å². The van der Waals surface area contributed by atoms with Crippen molar-refractivity contribution in [2.24, 2.45) is 5.16 Å². The molecule has 14 heteroatoms. The fraction of sp³-hybridized carbons (Fsp3) is 0.217. The number of hydrogen-bond acceptors (Lipinski definition) is 10. The number of fused-ring (bicyclic) bond motifs is 2. The van der Waals surface area contributed by atoms with E-state index in [0.717, 1.165) is 16.9 Å². The molecule has 3 aromatic rings. The van der Waals surface area contributed by atoms with Crippen molar-refractivity contribution >= 4 is 62.6 Å². The van der Waals surface area contributed by atoms with E-state index in [-0.39, 0.29) is 34.5 Å². The first-order valence-electron chi connectivity index (χ1n) is 10.9. The van der Waals surface area contributed by atoms with Crippen LogP contribution in [0.4, 0.5) is 5.13 Å². The Morgan fingerprint density at radius 2 is 2.16 bits per heavy atom. The molecule has 2 aliphatic heterocycles. The molecule has 2 amide bonds. The lowest BCUT2D eigenvalue weighted by atomic mass is 10.0. The van der Waals surface area contributed by atoms with Crippen LogP contribution in [0.3, 0.4) is 0 Å². The van der Waals surface area contributed by atoms with Crippen molar-refractivity contribution in [3.05, 3.63) is 58.9 Å². The summed E-state index contributed by atoms with van der Waals surface area (Å²) in [5.41, 5.74) is 6.86. The van der Waals surface area contributed by atoms with Crippen LogP contribution in [0.2, 0.25) is 0 Å². The van der Waals surface area contributed by atoms with Gasteiger partial charge in [-0.2, -0.15) is 4.57 Å². The summed E-state index contributed by atoms with van der Waals surface area (Å²) in [5.74, 6) is -2.03. The first kappa shape index (κ1) is 24.5. The molecule has 0 radical (unpaired) electrons. The van der Waals surface area contributed by atoms with Crippen LogP contribution in [0, 0.1) is 0 Å². The number of carboxylic acids is 1. The SMILES string of the molecule is CO/N=C(\C(=O)NC1C(=O)N2C(C(=O)O)=C(C[n+]3cccc4c(O)cccc43)CS[C@H]12)c1csc(N)n1.